The first-order valence-electron chi connectivity index (χ1n) is 6.18. The van der Waals surface area contributed by atoms with Gasteiger partial charge in [-0.2, -0.15) is 9.61 Å². The number of hydrogen-bond acceptors (Lipinski definition) is 3. The Bertz CT molecular complexity index is 480. The summed E-state index contributed by atoms with van der Waals surface area (Å²) in [6.07, 6.45) is 7.16. The number of hydrogen-bond donors (Lipinski definition) is 0. The SMILES string of the molecule is CCCCCCCc1nnc2ccc(Cl)nn12. The van der Waals surface area contributed by atoms with Gasteiger partial charge in [0.1, 0.15) is 5.15 Å². The van der Waals surface area contributed by atoms with Crippen molar-refractivity contribution in [1.82, 2.24) is 19.8 Å². The summed E-state index contributed by atoms with van der Waals surface area (Å²) < 4.78 is 1.74. The van der Waals surface area contributed by atoms with E-state index in [2.05, 4.69) is 22.2 Å². The molecule has 0 aliphatic rings. The second kappa shape index (κ2) is 5.96. The molecule has 2 aromatic heterocycles. The van der Waals surface area contributed by atoms with Crippen molar-refractivity contribution in [3.05, 3.63) is 23.1 Å². The summed E-state index contributed by atoms with van der Waals surface area (Å²) in [7, 11) is 0. The number of nitrogens with zero attached hydrogens (tertiary/aromatic N) is 4. The highest BCUT2D eigenvalue weighted by atomic mass is 35.5. The topological polar surface area (TPSA) is 43.1 Å². The maximum absolute atomic E-state index is 5.86. The molecule has 0 radical (unpaired) electrons. The molecule has 2 heterocycles. The fourth-order valence-corrected chi connectivity index (χ4v) is 1.99. The van der Waals surface area contributed by atoms with E-state index >= 15 is 0 Å². The van der Waals surface area contributed by atoms with E-state index in [9.17, 15) is 0 Å². The minimum absolute atomic E-state index is 0.476. The third-order valence-corrected chi connectivity index (χ3v) is 3.00. The van der Waals surface area contributed by atoms with Gasteiger partial charge in [0, 0.05) is 6.42 Å². The summed E-state index contributed by atoms with van der Waals surface area (Å²) in [6.45, 7) is 2.22. The van der Waals surface area contributed by atoms with Gasteiger partial charge in [0.05, 0.1) is 0 Å². The average molecular weight is 253 g/mol. The van der Waals surface area contributed by atoms with Crippen LogP contribution in [0.15, 0.2) is 12.1 Å². The molecule has 0 aromatic carbocycles. The van der Waals surface area contributed by atoms with Crippen molar-refractivity contribution in [2.45, 2.75) is 45.4 Å². The normalized spacial score (nSPS) is 11.2. The molecule has 0 atom stereocenters. The molecule has 0 spiro atoms. The lowest BCUT2D eigenvalue weighted by Gasteiger charge is -1.99. The van der Waals surface area contributed by atoms with Crippen LogP contribution in [0.1, 0.15) is 44.9 Å². The highest BCUT2D eigenvalue weighted by Gasteiger charge is 2.06. The van der Waals surface area contributed by atoms with Crippen LogP contribution in [0.25, 0.3) is 5.65 Å². The number of unbranched alkanes of at least 4 members (excludes halogenated alkanes) is 4. The van der Waals surface area contributed by atoms with Gasteiger partial charge >= 0.3 is 0 Å². The van der Waals surface area contributed by atoms with Gasteiger partial charge in [0.2, 0.25) is 0 Å². The van der Waals surface area contributed by atoms with Crippen molar-refractivity contribution in [2.75, 3.05) is 0 Å². The fraction of sp³-hybridized carbons (Fsp3) is 0.583. The van der Waals surface area contributed by atoms with Gasteiger partial charge in [0.25, 0.3) is 0 Å². The zero-order chi connectivity index (χ0) is 12.1. The van der Waals surface area contributed by atoms with E-state index in [0.717, 1.165) is 24.3 Å². The zero-order valence-corrected chi connectivity index (χ0v) is 10.8. The van der Waals surface area contributed by atoms with Crippen LogP contribution in [-0.2, 0) is 6.42 Å². The summed E-state index contributed by atoms with van der Waals surface area (Å²) in [5.41, 5.74) is 0.762. The van der Waals surface area contributed by atoms with Gasteiger partial charge in [0.15, 0.2) is 11.5 Å². The predicted octanol–water partition coefficient (Wildman–Crippen LogP) is 3.29. The molecule has 4 nitrogen and oxygen atoms in total. The van der Waals surface area contributed by atoms with Gasteiger partial charge in [-0.15, -0.1) is 10.2 Å². The van der Waals surface area contributed by atoms with E-state index in [1.54, 1.807) is 10.6 Å². The summed E-state index contributed by atoms with van der Waals surface area (Å²) >= 11 is 5.86. The Hall–Kier alpha value is -1.16. The Labute approximate surface area is 106 Å². The molecule has 2 rings (SSSR count). The molecule has 0 N–H and O–H groups in total. The molecule has 5 heteroatoms. The van der Waals surface area contributed by atoms with Crippen LogP contribution >= 0.6 is 11.6 Å². The molecular weight excluding hydrogens is 236 g/mol. The molecule has 0 fully saturated rings. The Morgan fingerprint density at radius 1 is 1.12 bits per heavy atom. The highest BCUT2D eigenvalue weighted by Crippen LogP contribution is 2.10. The maximum atomic E-state index is 5.86. The van der Waals surface area contributed by atoms with Gasteiger partial charge in [-0.3, -0.25) is 0 Å². The summed E-state index contributed by atoms with van der Waals surface area (Å²) in [6, 6.07) is 3.57. The van der Waals surface area contributed by atoms with E-state index in [4.69, 9.17) is 11.6 Å². The minimum Gasteiger partial charge on any atom is -0.196 e. The first-order chi connectivity index (χ1) is 8.31. The standard InChI is InChI=1S/C12H17ClN4/c1-2-3-4-5-6-7-11-14-15-12-9-8-10(13)16-17(11)12/h8-9H,2-7H2,1H3. The van der Waals surface area contributed by atoms with Crippen molar-refractivity contribution in [1.29, 1.82) is 0 Å². The number of halogens is 1. The number of rotatable bonds is 6. The number of aryl methyl sites for hydroxylation is 1. The molecule has 0 aliphatic heterocycles. The molecule has 0 unspecified atom stereocenters. The van der Waals surface area contributed by atoms with E-state index < -0.39 is 0 Å². The van der Waals surface area contributed by atoms with E-state index in [1.807, 2.05) is 6.07 Å². The Morgan fingerprint density at radius 3 is 2.76 bits per heavy atom. The summed E-state index contributed by atoms with van der Waals surface area (Å²) in [5, 5.41) is 12.9. The van der Waals surface area contributed by atoms with Crippen LogP contribution in [0.2, 0.25) is 5.15 Å². The molecule has 0 aliphatic carbocycles. The van der Waals surface area contributed by atoms with E-state index in [1.165, 1.54) is 25.7 Å². The first-order valence-corrected chi connectivity index (χ1v) is 6.56. The Morgan fingerprint density at radius 2 is 1.94 bits per heavy atom. The highest BCUT2D eigenvalue weighted by molar-refractivity contribution is 6.29. The predicted molar refractivity (Wildman–Crippen MR) is 68.3 cm³/mol. The van der Waals surface area contributed by atoms with Crippen LogP contribution in [-0.4, -0.2) is 19.8 Å². The van der Waals surface area contributed by atoms with Crippen molar-refractivity contribution in [3.8, 4) is 0 Å². The second-order valence-electron chi connectivity index (χ2n) is 4.21. The van der Waals surface area contributed by atoms with Crippen LogP contribution in [0, 0.1) is 0 Å². The average Bonchev–Trinajstić information content (AvgIpc) is 2.72. The van der Waals surface area contributed by atoms with E-state index in [-0.39, 0.29) is 0 Å². The fourth-order valence-electron chi connectivity index (χ4n) is 1.85. The quantitative estimate of drug-likeness (QED) is 0.741. The van der Waals surface area contributed by atoms with Crippen LogP contribution in [0.5, 0.6) is 0 Å². The maximum Gasteiger partial charge on any atom is 0.178 e. The Balaban J connectivity index is 1.96. The third-order valence-electron chi connectivity index (χ3n) is 2.80. The van der Waals surface area contributed by atoms with Crippen LogP contribution in [0.4, 0.5) is 0 Å². The zero-order valence-electron chi connectivity index (χ0n) is 10.1. The first kappa shape index (κ1) is 12.3. The van der Waals surface area contributed by atoms with Crippen molar-refractivity contribution in [2.24, 2.45) is 0 Å². The number of aromatic nitrogens is 4. The smallest absolute Gasteiger partial charge is 0.178 e. The molecule has 92 valence electrons. The van der Waals surface area contributed by atoms with Crippen molar-refractivity contribution in [3.63, 3.8) is 0 Å². The van der Waals surface area contributed by atoms with Gasteiger partial charge in [-0.05, 0) is 18.6 Å². The van der Waals surface area contributed by atoms with Crippen LogP contribution in [0.3, 0.4) is 0 Å². The molecule has 2 aromatic rings. The molecule has 17 heavy (non-hydrogen) atoms. The van der Waals surface area contributed by atoms with Gasteiger partial charge in [-0.25, -0.2) is 0 Å². The molecule has 0 saturated carbocycles. The second-order valence-corrected chi connectivity index (χ2v) is 4.59. The molecular formula is C12H17ClN4. The van der Waals surface area contributed by atoms with Gasteiger partial charge in [-0.1, -0.05) is 44.2 Å². The van der Waals surface area contributed by atoms with Crippen molar-refractivity contribution >= 4 is 17.2 Å². The monoisotopic (exact) mass is 252 g/mol. The molecule has 0 saturated heterocycles. The van der Waals surface area contributed by atoms with Gasteiger partial charge < -0.3 is 0 Å². The lowest BCUT2D eigenvalue weighted by atomic mass is 10.1. The summed E-state index contributed by atoms with van der Waals surface area (Å²) in [5.74, 6) is 0.902. The summed E-state index contributed by atoms with van der Waals surface area (Å²) in [4.78, 5) is 0. The molecule has 0 bridgehead atoms. The van der Waals surface area contributed by atoms with E-state index in [0.29, 0.717) is 5.15 Å². The molecule has 0 amide bonds. The lowest BCUT2D eigenvalue weighted by Crippen LogP contribution is -1.99. The van der Waals surface area contributed by atoms with Crippen molar-refractivity contribution < 1.29 is 0 Å². The number of fused-ring (bicyclic) bond motifs is 1. The largest absolute Gasteiger partial charge is 0.196 e. The minimum atomic E-state index is 0.476. The Kier molecular flexibility index (Phi) is 4.31. The van der Waals surface area contributed by atoms with Crippen LogP contribution < -0.4 is 0 Å². The third kappa shape index (κ3) is 3.16. The lowest BCUT2D eigenvalue weighted by molar-refractivity contribution is 0.616.